The first kappa shape index (κ1) is 16.6. The molecule has 0 unspecified atom stereocenters. The summed E-state index contributed by atoms with van der Waals surface area (Å²) in [6.45, 7) is 1.62. The van der Waals surface area contributed by atoms with Crippen molar-refractivity contribution in [2.75, 3.05) is 18.0 Å². The van der Waals surface area contributed by atoms with Crippen LogP contribution in [0.15, 0.2) is 47.8 Å². The number of nitriles is 1. The highest BCUT2D eigenvalue weighted by Gasteiger charge is 2.23. The van der Waals surface area contributed by atoms with E-state index in [2.05, 4.69) is 16.3 Å². The molecule has 4 rings (SSSR count). The van der Waals surface area contributed by atoms with Gasteiger partial charge in [0.2, 0.25) is 0 Å². The first-order valence-corrected chi connectivity index (χ1v) is 9.52. The van der Waals surface area contributed by atoms with Gasteiger partial charge < -0.3 is 10.2 Å². The van der Waals surface area contributed by atoms with Gasteiger partial charge in [-0.25, -0.2) is 4.98 Å². The van der Waals surface area contributed by atoms with Gasteiger partial charge in [0.1, 0.15) is 5.82 Å². The summed E-state index contributed by atoms with van der Waals surface area (Å²) in [5, 5.41) is 15.4. The van der Waals surface area contributed by atoms with E-state index in [-0.39, 0.29) is 11.9 Å². The van der Waals surface area contributed by atoms with Crippen LogP contribution in [-0.2, 0) is 0 Å². The molecule has 1 aliphatic rings. The fourth-order valence-corrected chi connectivity index (χ4v) is 3.96. The Bertz CT molecular complexity index is 969. The second-order valence-electron chi connectivity index (χ2n) is 6.37. The molecule has 1 saturated heterocycles. The van der Waals surface area contributed by atoms with Crippen LogP contribution in [0.2, 0.25) is 0 Å². The molecule has 0 bridgehead atoms. The van der Waals surface area contributed by atoms with E-state index in [0.29, 0.717) is 5.56 Å². The molecule has 5 nitrogen and oxygen atoms in total. The van der Waals surface area contributed by atoms with E-state index in [1.54, 1.807) is 0 Å². The number of hydrogen-bond acceptors (Lipinski definition) is 5. The van der Waals surface area contributed by atoms with Gasteiger partial charge in [0.15, 0.2) is 0 Å². The molecular weight excluding hydrogens is 344 g/mol. The Morgan fingerprint density at radius 1 is 1.23 bits per heavy atom. The number of hydrogen-bond donors (Lipinski definition) is 1. The average Bonchev–Trinajstić information content (AvgIpc) is 3.22. The van der Waals surface area contributed by atoms with Crippen LogP contribution in [0.3, 0.4) is 0 Å². The van der Waals surface area contributed by atoms with Crippen molar-refractivity contribution in [1.29, 1.82) is 5.26 Å². The van der Waals surface area contributed by atoms with Gasteiger partial charge in [0, 0.05) is 24.5 Å². The van der Waals surface area contributed by atoms with E-state index in [9.17, 15) is 10.1 Å². The third-order valence-electron chi connectivity index (χ3n) is 4.72. The minimum atomic E-state index is 0.00838. The van der Waals surface area contributed by atoms with E-state index in [0.717, 1.165) is 47.5 Å². The van der Waals surface area contributed by atoms with Gasteiger partial charge in [0.05, 0.1) is 22.0 Å². The Balaban J connectivity index is 1.46. The maximum atomic E-state index is 12.2. The highest BCUT2D eigenvalue weighted by molar-refractivity contribution is 7.12. The predicted molar refractivity (Wildman–Crippen MR) is 103 cm³/mol. The lowest BCUT2D eigenvalue weighted by atomic mass is 10.0. The van der Waals surface area contributed by atoms with Crippen molar-refractivity contribution in [2.24, 2.45) is 0 Å². The number of carbonyl (C=O) groups is 1. The van der Waals surface area contributed by atoms with E-state index < -0.39 is 0 Å². The molecule has 0 atom stereocenters. The molecule has 0 spiro atoms. The molecule has 1 fully saturated rings. The van der Waals surface area contributed by atoms with Gasteiger partial charge in [-0.3, -0.25) is 4.79 Å². The maximum Gasteiger partial charge on any atom is 0.261 e. The van der Waals surface area contributed by atoms with Gasteiger partial charge in [-0.2, -0.15) is 5.26 Å². The van der Waals surface area contributed by atoms with Gasteiger partial charge in [-0.1, -0.05) is 24.3 Å². The van der Waals surface area contributed by atoms with Crippen LogP contribution >= 0.6 is 11.3 Å². The second-order valence-corrected chi connectivity index (χ2v) is 7.32. The standard InChI is InChI=1S/C20H18N4OS/c21-13-14-12-19(23-17-5-2-1-4-16(14)17)24-9-7-15(8-10-24)22-20(25)18-6-3-11-26-18/h1-6,11-12,15H,7-10H2,(H,22,25). The van der Waals surface area contributed by atoms with Crippen LogP contribution in [0.1, 0.15) is 28.1 Å². The Labute approximate surface area is 155 Å². The number of fused-ring (bicyclic) bond motifs is 1. The van der Waals surface area contributed by atoms with Crippen LogP contribution in [0.4, 0.5) is 5.82 Å². The normalized spacial score (nSPS) is 15.0. The number of thiophene rings is 1. The summed E-state index contributed by atoms with van der Waals surface area (Å²) in [5.74, 6) is 0.845. The lowest BCUT2D eigenvalue weighted by Crippen LogP contribution is -2.44. The zero-order chi connectivity index (χ0) is 17.9. The maximum absolute atomic E-state index is 12.2. The molecule has 1 aliphatic heterocycles. The summed E-state index contributed by atoms with van der Waals surface area (Å²) in [5.41, 5.74) is 1.49. The van der Waals surface area contributed by atoms with Crippen LogP contribution in [0, 0.1) is 11.3 Å². The zero-order valence-corrected chi connectivity index (χ0v) is 15.0. The highest BCUT2D eigenvalue weighted by Crippen LogP contribution is 2.25. The fraction of sp³-hybridized carbons (Fsp3) is 0.250. The van der Waals surface area contributed by atoms with E-state index >= 15 is 0 Å². The fourth-order valence-electron chi connectivity index (χ4n) is 3.33. The number of para-hydroxylation sites is 1. The average molecular weight is 362 g/mol. The molecule has 130 valence electrons. The lowest BCUT2D eigenvalue weighted by Gasteiger charge is -2.33. The quantitative estimate of drug-likeness (QED) is 0.773. The first-order valence-electron chi connectivity index (χ1n) is 8.64. The molecule has 6 heteroatoms. The highest BCUT2D eigenvalue weighted by atomic mass is 32.1. The number of amides is 1. The summed E-state index contributed by atoms with van der Waals surface area (Å²) in [4.78, 5) is 19.9. The van der Waals surface area contributed by atoms with Crippen molar-refractivity contribution in [3.63, 3.8) is 0 Å². The molecule has 26 heavy (non-hydrogen) atoms. The van der Waals surface area contributed by atoms with Crippen LogP contribution < -0.4 is 10.2 Å². The van der Waals surface area contributed by atoms with Crippen molar-refractivity contribution < 1.29 is 4.79 Å². The number of carbonyl (C=O) groups excluding carboxylic acids is 1. The number of benzene rings is 1. The Hall–Kier alpha value is -2.91. The van der Waals surface area contributed by atoms with E-state index in [1.165, 1.54) is 11.3 Å². The van der Waals surface area contributed by atoms with E-state index in [1.807, 2.05) is 47.8 Å². The Kier molecular flexibility index (Phi) is 4.55. The summed E-state index contributed by atoms with van der Waals surface area (Å²) in [6, 6.07) is 15.8. The van der Waals surface area contributed by atoms with Crippen LogP contribution in [0.25, 0.3) is 10.9 Å². The minimum absolute atomic E-state index is 0.00838. The first-order chi connectivity index (χ1) is 12.7. The number of piperidine rings is 1. The number of pyridine rings is 1. The van der Waals surface area contributed by atoms with Crippen molar-refractivity contribution in [1.82, 2.24) is 10.3 Å². The topological polar surface area (TPSA) is 69.0 Å². The molecule has 0 saturated carbocycles. The smallest absolute Gasteiger partial charge is 0.261 e. The SMILES string of the molecule is N#Cc1cc(N2CCC(NC(=O)c3cccs3)CC2)nc2ccccc12. The van der Waals surface area contributed by atoms with Crippen molar-refractivity contribution in [3.05, 3.63) is 58.3 Å². The van der Waals surface area contributed by atoms with Crippen LogP contribution in [-0.4, -0.2) is 30.0 Å². The number of nitrogens with one attached hydrogen (secondary N) is 1. The number of rotatable bonds is 3. The largest absolute Gasteiger partial charge is 0.356 e. The third-order valence-corrected chi connectivity index (χ3v) is 5.59. The molecule has 2 aromatic heterocycles. The summed E-state index contributed by atoms with van der Waals surface area (Å²) in [7, 11) is 0. The third kappa shape index (κ3) is 3.26. The summed E-state index contributed by atoms with van der Waals surface area (Å²) < 4.78 is 0. The minimum Gasteiger partial charge on any atom is -0.356 e. The predicted octanol–water partition coefficient (Wildman–Crippen LogP) is 3.57. The van der Waals surface area contributed by atoms with Gasteiger partial charge in [-0.15, -0.1) is 11.3 Å². The zero-order valence-electron chi connectivity index (χ0n) is 14.2. The van der Waals surface area contributed by atoms with Gasteiger partial charge in [-0.05, 0) is 36.4 Å². The van der Waals surface area contributed by atoms with Gasteiger partial charge >= 0.3 is 0 Å². The summed E-state index contributed by atoms with van der Waals surface area (Å²) in [6.07, 6.45) is 1.74. The van der Waals surface area contributed by atoms with Crippen molar-refractivity contribution in [2.45, 2.75) is 18.9 Å². The second kappa shape index (κ2) is 7.14. The molecule has 1 amide bonds. The molecule has 1 aromatic carbocycles. The molecule has 3 heterocycles. The number of anilines is 1. The molecule has 3 aromatic rings. The monoisotopic (exact) mass is 362 g/mol. The number of nitrogens with zero attached hydrogens (tertiary/aromatic N) is 3. The van der Waals surface area contributed by atoms with Crippen molar-refractivity contribution in [3.8, 4) is 6.07 Å². The van der Waals surface area contributed by atoms with E-state index in [4.69, 9.17) is 4.98 Å². The molecule has 1 N–H and O–H groups in total. The van der Waals surface area contributed by atoms with Crippen molar-refractivity contribution >= 4 is 34.0 Å². The Morgan fingerprint density at radius 2 is 2.04 bits per heavy atom. The molecule has 0 radical (unpaired) electrons. The lowest BCUT2D eigenvalue weighted by molar-refractivity contribution is 0.0935. The summed E-state index contributed by atoms with van der Waals surface area (Å²) >= 11 is 1.46. The molecular formula is C20H18N4OS. The van der Waals surface area contributed by atoms with Gasteiger partial charge in [0.25, 0.3) is 5.91 Å². The molecule has 0 aliphatic carbocycles. The van der Waals surface area contributed by atoms with Crippen LogP contribution in [0.5, 0.6) is 0 Å². The number of aromatic nitrogens is 1. The Morgan fingerprint density at radius 3 is 2.77 bits per heavy atom.